The number of carbonyl (C=O) groups is 1. The van der Waals surface area contributed by atoms with Gasteiger partial charge >= 0.3 is 5.97 Å². The highest BCUT2D eigenvalue weighted by molar-refractivity contribution is 8.25. The summed E-state index contributed by atoms with van der Waals surface area (Å²) in [6.07, 6.45) is 2.33. The second kappa shape index (κ2) is 15.7. The average molecular weight is 705 g/mol. The molecule has 0 aliphatic carbocycles. The molecule has 0 spiro atoms. The molecule has 0 amide bonds. The summed E-state index contributed by atoms with van der Waals surface area (Å²) in [7, 11) is 0. The molecule has 6 aromatic rings. The van der Waals surface area contributed by atoms with Crippen molar-refractivity contribution in [3.05, 3.63) is 162 Å². The molecule has 7 rings (SSSR count). The quantitative estimate of drug-likeness (QED) is 0.0679. The number of aliphatic imine (C=N–C) groups is 2. The van der Waals surface area contributed by atoms with Crippen LogP contribution in [0.1, 0.15) is 48.9 Å². The van der Waals surface area contributed by atoms with Gasteiger partial charge in [-0.25, -0.2) is 9.48 Å². The lowest BCUT2D eigenvalue weighted by Gasteiger charge is -2.36. The van der Waals surface area contributed by atoms with Gasteiger partial charge in [0.25, 0.3) is 0 Å². The first-order valence-electron chi connectivity index (χ1n) is 17.7. The van der Waals surface area contributed by atoms with E-state index in [0.29, 0.717) is 23.8 Å². The van der Waals surface area contributed by atoms with Gasteiger partial charge in [0, 0.05) is 18.5 Å². The van der Waals surface area contributed by atoms with Crippen LogP contribution in [-0.4, -0.2) is 55.5 Å². The van der Waals surface area contributed by atoms with Crippen molar-refractivity contribution in [2.75, 3.05) is 13.2 Å². The molecule has 0 saturated carbocycles. The molecule has 0 N–H and O–H groups in total. The van der Waals surface area contributed by atoms with Crippen LogP contribution in [0.5, 0.6) is 0 Å². The second-order valence-electron chi connectivity index (χ2n) is 12.6. The van der Waals surface area contributed by atoms with Crippen LogP contribution in [0.2, 0.25) is 0 Å². The zero-order chi connectivity index (χ0) is 35.8. The number of benzene rings is 5. The number of carbonyl (C=O) groups excluding carboxylic acids is 1. The second-order valence-corrected chi connectivity index (χ2v) is 13.4. The zero-order valence-corrected chi connectivity index (χ0v) is 30.1. The van der Waals surface area contributed by atoms with Crippen LogP contribution in [0.4, 0.5) is 0 Å². The Hall–Kier alpha value is -5.67. The van der Waals surface area contributed by atoms with Gasteiger partial charge in [-0.3, -0.25) is 9.98 Å². The summed E-state index contributed by atoms with van der Waals surface area (Å²) < 4.78 is 7.51. The van der Waals surface area contributed by atoms with Gasteiger partial charge in [0.15, 0.2) is 5.82 Å². The van der Waals surface area contributed by atoms with Gasteiger partial charge in [0.1, 0.15) is 10.6 Å². The summed E-state index contributed by atoms with van der Waals surface area (Å²) in [4.78, 5) is 22.9. The molecule has 0 bridgehead atoms. The number of ether oxygens (including phenoxy) is 1. The molecule has 1 aromatic heterocycles. The SMILES string of the molecule is CCCC/N=C1\SC=NC1(Cc1ccc(-c2ccccc2-c2nnnn2C(c2ccccc2)(c2ccccc2)c2ccccc2)cc1)C(=O)OCC. The predicted molar refractivity (Wildman–Crippen MR) is 210 cm³/mol. The van der Waals surface area contributed by atoms with Crippen LogP contribution >= 0.6 is 11.8 Å². The Balaban J connectivity index is 1.32. The number of hydrogen-bond donors (Lipinski definition) is 0. The molecule has 1 atom stereocenters. The highest BCUT2D eigenvalue weighted by atomic mass is 32.2. The van der Waals surface area contributed by atoms with Gasteiger partial charge in [-0.05, 0) is 57.2 Å². The molecule has 52 heavy (non-hydrogen) atoms. The van der Waals surface area contributed by atoms with Gasteiger partial charge in [-0.1, -0.05) is 165 Å². The Labute approximate surface area is 308 Å². The summed E-state index contributed by atoms with van der Waals surface area (Å²) >= 11 is 1.41. The van der Waals surface area contributed by atoms with Crippen LogP contribution in [0.15, 0.2) is 150 Å². The van der Waals surface area contributed by atoms with Gasteiger partial charge in [0.05, 0.1) is 12.2 Å². The Bertz CT molecular complexity index is 2070. The summed E-state index contributed by atoms with van der Waals surface area (Å²) in [5, 5.41) is 14.5. The van der Waals surface area contributed by atoms with E-state index in [1.54, 1.807) is 5.55 Å². The van der Waals surface area contributed by atoms with Crippen LogP contribution < -0.4 is 0 Å². The number of aromatic nitrogens is 4. The first-order chi connectivity index (χ1) is 25.6. The van der Waals surface area contributed by atoms with Gasteiger partial charge in [-0.2, -0.15) is 0 Å². The third kappa shape index (κ3) is 6.48. The first-order valence-corrected chi connectivity index (χ1v) is 18.6. The first kappa shape index (κ1) is 34.8. The Morgan fingerprint density at radius 1 is 0.769 bits per heavy atom. The van der Waals surface area contributed by atoms with E-state index in [4.69, 9.17) is 20.0 Å². The fourth-order valence-electron chi connectivity index (χ4n) is 6.92. The molecular weight excluding hydrogens is 665 g/mol. The van der Waals surface area contributed by atoms with Crippen LogP contribution in [0.25, 0.3) is 22.5 Å². The van der Waals surface area contributed by atoms with E-state index in [0.717, 1.165) is 51.8 Å². The fourth-order valence-corrected chi connectivity index (χ4v) is 7.82. The summed E-state index contributed by atoms with van der Waals surface area (Å²) in [5.74, 6) is 0.259. The number of tetrazole rings is 1. The lowest BCUT2D eigenvalue weighted by molar-refractivity contribution is -0.146. The standard InChI is InChI=1S/C43H40N6O2S/c1-3-5-29-44-40-42(45-31-52-40,41(50)51-4-2)30-32-25-27-33(28-26-32)37-23-15-16-24-38(37)39-46-47-48-49(39)43(34-17-9-6-10-18-34,35-19-11-7-12-20-35)36-21-13-8-14-22-36/h6-28,31H,3-5,29-30H2,1-2H3/b44-40-. The number of thioether (sulfide) groups is 1. The molecule has 260 valence electrons. The lowest BCUT2D eigenvalue weighted by Crippen LogP contribution is -2.45. The van der Waals surface area contributed by atoms with E-state index in [9.17, 15) is 4.79 Å². The van der Waals surface area contributed by atoms with Crippen molar-refractivity contribution in [2.45, 2.75) is 44.2 Å². The average Bonchev–Trinajstić information content (AvgIpc) is 3.85. The minimum absolute atomic E-state index is 0.276. The molecule has 1 aliphatic heterocycles. The topological polar surface area (TPSA) is 94.6 Å². The van der Waals surface area contributed by atoms with Gasteiger partial charge in [0.2, 0.25) is 5.54 Å². The van der Waals surface area contributed by atoms with Crippen LogP contribution in [0, 0.1) is 0 Å². The van der Waals surface area contributed by atoms with E-state index in [2.05, 4.69) is 126 Å². The third-order valence-corrected chi connectivity index (χ3v) is 10.3. The van der Waals surface area contributed by atoms with Crippen molar-refractivity contribution in [1.82, 2.24) is 20.2 Å². The monoisotopic (exact) mass is 704 g/mol. The predicted octanol–water partition coefficient (Wildman–Crippen LogP) is 8.67. The number of esters is 1. The maximum atomic E-state index is 13.4. The smallest absolute Gasteiger partial charge is 0.341 e. The largest absolute Gasteiger partial charge is 0.464 e. The molecule has 9 heteroatoms. The molecule has 0 radical (unpaired) electrons. The van der Waals surface area contributed by atoms with Crippen molar-refractivity contribution >= 4 is 28.3 Å². The summed E-state index contributed by atoms with van der Waals surface area (Å²) in [6.45, 7) is 4.87. The Morgan fingerprint density at radius 3 is 1.92 bits per heavy atom. The van der Waals surface area contributed by atoms with Crippen LogP contribution in [-0.2, 0) is 21.5 Å². The maximum Gasteiger partial charge on any atom is 0.341 e. The Kier molecular flexibility index (Phi) is 10.5. The molecule has 0 fully saturated rings. The Morgan fingerprint density at radius 2 is 1.35 bits per heavy atom. The number of rotatable bonds is 13. The fraction of sp³-hybridized carbons (Fsp3) is 0.209. The molecule has 5 aromatic carbocycles. The molecule has 1 unspecified atom stereocenters. The minimum atomic E-state index is -1.18. The summed E-state index contributed by atoms with van der Waals surface area (Å²) in [5.41, 5.74) is 6.57. The number of hydrogen-bond acceptors (Lipinski definition) is 8. The van der Waals surface area contributed by atoms with Gasteiger partial charge in [-0.15, -0.1) is 5.10 Å². The highest BCUT2D eigenvalue weighted by Crippen LogP contribution is 2.43. The molecule has 8 nitrogen and oxygen atoms in total. The molecule has 1 aliphatic rings. The van der Waals surface area contributed by atoms with Gasteiger partial charge < -0.3 is 4.74 Å². The van der Waals surface area contributed by atoms with Crippen LogP contribution in [0.3, 0.4) is 0 Å². The van der Waals surface area contributed by atoms with Crippen molar-refractivity contribution < 1.29 is 9.53 Å². The van der Waals surface area contributed by atoms with E-state index in [1.165, 1.54) is 11.8 Å². The highest BCUT2D eigenvalue weighted by Gasteiger charge is 2.48. The van der Waals surface area contributed by atoms with Crippen molar-refractivity contribution in [1.29, 1.82) is 0 Å². The van der Waals surface area contributed by atoms with E-state index in [-0.39, 0.29) is 12.6 Å². The van der Waals surface area contributed by atoms with E-state index in [1.807, 2.05) is 41.9 Å². The lowest BCUT2D eigenvalue weighted by atomic mass is 9.77. The van der Waals surface area contributed by atoms with Crippen molar-refractivity contribution in [3.8, 4) is 22.5 Å². The van der Waals surface area contributed by atoms with Crippen molar-refractivity contribution in [2.24, 2.45) is 9.98 Å². The molecule has 2 heterocycles. The van der Waals surface area contributed by atoms with Crippen molar-refractivity contribution in [3.63, 3.8) is 0 Å². The molecular formula is C43H40N6O2S. The number of nitrogens with zero attached hydrogens (tertiary/aromatic N) is 6. The number of unbranched alkanes of at least 4 members (excludes halogenated alkanes) is 1. The van der Waals surface area contributed by atoms with E-state index < -0.39 is 11.1 Å². The third-order valence-electron chi connectivity index (χ3n) is 9.43. The normalized spacial score (nSPS) is 16.3. The summed E-state index contributed by atoms with van der Waals surface area (Å²) in [6, 6.07) is 47.7. The zero-order valence-electron chi connectivity index (χ0n) is 29.3. The minimum Gasteiger partial charge on any atom is -0.464 e. The van der Waals surface area contributed by atoms with E-state index >= 15 is 0 Å². The maximum absolute atomic E-state index is 13.4. The molecule has 0 saturated heterocycles.